The van der Waals surface area contributed by atoms with Gasteiger partial charge in [-0.1, -0.05) is 30.3 Å². The van der Waals surface area contributed by atoms with Crippen LogP contribution in [-0.2, 0) is 11.3 Å². The molecule has 0 atom stereocenters. The number of rotatable bonds is 5. The van der Waals surface area contributed by atoms with Crippen LogP contribution in [0.15, 0.2) is 54.6 Å². The van der Waals surface area contributed by atoms with E-state index in [1.54, 1.807) is 0 Å². The summed E-state index contributed by atoms with van der Waals surface area (Å²) in [5.41, 5.74) is 3.18. The molecule has 1 heterocycles. The van der Waals surface area contributed by atoms with Gasteiger partial charge in [0.2, 0.25) is 5.91 Å². The van der Waals surface area contributed by atoms with Gasteiger partial charge in [-0.15, -0.1) is 0 Å². The standard InChI is InChI=1S/C20H25N3O/c1-23-13-11-17(12-14-23)20(24)22-19-9-7-16(8-10-19)15-21-18-5-3-2-4-6-18/h2-10,17,21H,11-15H2,1H3,(H,22,24). The Bertz CT molecular complexity index is 646. The summed E-state index contributed by atoms with van der Waals surface area (Å²) in [6, 6.07) is 18.2. The number of anilines is 2. The third-order valence-corrected chi connectivity index (χ3v) is 4.58. The molecule has 2 aromatic rings. The van der Waals surface area contributed by atoms with Crippen molar-refractivity contribution in [2.24, 2.45) is 5.92 Å². The monoisotopic (exact) mass is 323 g/mol. The lowest BCUT2D eigenvalue weighted by Gasteiger charge is -2.28. The van der Waals surface area contributed by atoms with E-state index in [1.165, 1.54) is 5.56 Å². The van der Waals surface area contributed by atoms with Crippen LogP contribution < -0.4 is 10.6 Å². The first-order valence-corrected chi connectivity index (χ1v) is 8.58. The second-order valence-corrected chi connectivity index (χ2v) is 6.48. The zero-order valence-electron chi connectivity index (χ0n) is 14.2. The summed E-state index contributed by atoms with van der Waals surface area (Å²) < 4.78 is 0. The number of likely N-dealkylation sites (tertiary alicyclic amines) is 1. The molecule has 4 nitrogen and oxygen atoms in total. The molecule has 1 saturated heterocycles. The predicted octanol–water partition coefficient (Wildman–Crippen LogP) is 3.58. The molecule has 3 rings (SSSR count). The van der Waals surface area contributed by atoms with Crippen LogP contribution in [-0.4, -0.2) is 30.9 Å². The number of carbonyl (C=O) groups is 1. The normalized spacial score (nSPS) is 15.9. The second-order valence-electron chi connectivity index (χ2n) is 6.48. The van der Waals surface area contributed by atoms with Crippen molar-refractivity contribution in [3.05, 3.63) is 60.2 Å². The van der Waals surface area contributed by atoms with Crippen molar-refractivity contribution in [1.29, 1.82) is 0 Å². The lowest BCUT2D eigenvalue weighted by atomic mass is 9.96. The first-order chi connectivity index (χ1) is 11.7. The van der Waals surface area contributed by atoms with Crippen LogP contribution in [0.25, 0.3) is 0 Å². The summed E-state index contributed by atoms with van der Waals surface area (Å²) in [4.78, 5) is 14.6. The Hall–Kier alpha value is -2.33. The van der Waals surface area contributed by atoms with Gasteiger partial charge < -0.3 is 15.5 Å². The van der Waals surface area contributed by atoms with E-state index in [0.717, 1.165) is 43.9 Å². The van der Waals surface area contributed by atoms with E-state index >= 15 is 0 Å². The fourth-order valence-corrected chi connectivity index (χ4v) is 2.98. The van der Waals surface area contributed by atoms with E-state index in [9.17, 15) is 4.79 Å². The molecule has 1 aliphatic heterocycles. The second kappa shape index (κ2) is 7.97. The Labute approximate surface area is 143 Å². The number of para-hydroxylation sites is 1. The van der Waals surface area contributed by atoms with Gasteiger partial charge in [0, 0.05) is 23.8 Å². The number of benzene rings is 2. The average Bonchev–Trinajstić information content (AvgIpc) is 2.62. The van der Waals surface area contributed by atoms with Gasteiger partial charge in [0.25, 0.3) is 0 Å². The highest BCUT2D eigenvalue weighted by atomic mass is 16.1. The van der Waals surface area contributed by atoms with E-state index in [-0.39, 0.29) is 11.8 Å². The van der Waals surface area contributed by atoms with Gasteiger partial charge in [-0.25, -0.2) is 0 Å². The topological polar surface area (TPSA) is 44.4 Å². The van der Waals surface area contributed by atoms with E-state index < -0.39 is 0 Å². The van der Waals surface area contributed by atoms with E-state index in [0.29, 0.717) is 0 Å². The smallest absolute Gasteiger partial charge is 0.227 e. The fourth-order valence-electron chi connectivity index (χ4n) is 2.98. The van der Waals surface area contributed by atoms with Crippen molar-refractivity contribution in [2.45, 2.75) is 19.4 Å². The van der Waals surface area contributed by atoms with E-state index in [1.807, 2.05) is 30.3 Å². The van der Waals surface area contributed by atoms with Crippen molar-refractivity contribution in [3.63, 3.8) is 0 Å². The van der Waals surface area contributed by atoms with Gasteiger partial charge in [0.15, 0.2) is 0 Å². The number of nitrogens with one attached hydrogen (secondary N) is 2. The fraction of sp³-hybridized carbons (Fsp3) is 0.350. The molecule has 1 aliphatic rings. The van der Waals surface area contributed by atoms with Crippen LogP contribution in [0.1, 0.15) is 18.4 Å². The van der Waals surface area contributed by atoms with Crippen LogP contribution in [0, 0.1) is 5.92 Å². The van der Waals surface area contributed by atoms with Crippen molar-refractivity contribution >= 4 is 17.3 Å². The number of piperidine rings is 1. The number of hydrogen-bond donors (Lipinski definition) is 2. The average molecular weight is 323 g/mol. The first-order valence-electron chi connectivity index (χ1n) is 8.58. The van der Waals surface area contributed by atoms with Gasteiger partial charge >= 0.3 is 0 Å². The highest BCUT2D eigenvalue weighted by Crippen LogP contribution is 2.19. The number of amides is 1. The summed E-state index contributed by atoms with van der Waals surface area (Å²) in [6.07, 6.45) is 1.89. The number of hydrogen-bond acceptors (Lipinski definition) is 3. The molecule has 2 N–H and O–H groups in total. The molecule has 0 saturated carbocycles. The predicted molar refractivity (Wildman–Crippen MR) is 99.1 cm³/mol. The van der Waals surface area contributed by atoms with Crippen molar-refractivity contribution in [1.82, 2.24) is 4.90 Å². The molecule has 0 spiro atoms. The lowest BCUT2D eigenvalue weighted by Crippen LogP contribution is -2.35. The molecule has 0 aliphatic carbocycles. The Morgan fingerprint density at radius 1 is 1.00 bits per heavy atom. The molecule has 4 heteroatoms. The SMILES string of the molecule is CN1CCC(C(=O)Nc2ccc(CNc3ccccc3)cc2)CC1. The maximum atomic E-state index is 12.3. The molecule has 24 heavy (non-hydrogen) atoms. The van der Waals surface area contributed by atoms with Crippen LogP contribution in [0.2, 0.25) is 0 Å². The highest BCUT2D eigenvalue weighted by molar-refractivity contribution is 5.92. The molecular weight excluding hydrogens is 298 g/mol. The highest BCUT2D eigenvalue weighted by Gasteiger charge is 2.23. The summed E-state index contributed by atoms with van der Waals surface area (Å²) in [7, 11) is 2.11. The Morgan fingerprint density at radius 3 is 2.33 bits per heavy atom. The third kappa shape index (κ3) is 4.59. The Kier molecular flexibility index (Phi) is 5.49. The van der Waals surface area contributed by atoms with Gasteiger partial charge in [-0.2, -0.15) is 0 Å². The lowest BCUT2D eigenvalue weighted by molar-refractivity contribution is -0.121. The minimum Gasteiger partial charge on any atom is -0.381 e. The van der Waals surface area contributed by atoms with Crippen molar-refractivity contribution < 1.29 is 4.79 Å². The maximum Gasteiger partial charge on any atom is 0.227 e. The molecule has 1 amide bonds. The van der Waals surface area contributed by atoms with Crippen LogP contribution in [0.4, 0.5) is 11.4 Å². The molecule has 2 aromatic carbocycles. The minimum atomic E-state index is 0.139. The molecule has 0 bridgehead atoms. The van der Waals surface area contributed by atoms with Gasteiger partial charge in [0.05, 0.1) is 0 Å². The minimum absolute atomic E-state index is 0.139. The largest absolute Gasteiger partial charge is 0.381 e. The zero-order valence-corrected chi connectivity index (χ0v) is 14.2. The van der Waals surface area contributed by atoms with Crippen LogP contribution >= 0.6 is 0 Å². The third-order valence-electron chi connectivity index (χ3n) is 4.58. The maximum absolute atomic E-state index is 12.3. The van der Waals surface area contributed by atoms with Crippen LogP contribution in [0.3, 0.4) is 0 Å². The first kappa shape index (κ1) is 16.5. The summed E-state index contributed by atoms with van der Waals surface area (Å²) in [6.45, 7) is 2.78. The van der Waals surface area contributed by atoms with E-state index in [2.05, 4.69) is 46.8 Å². The molecular formula is C20H25N3O. The van der Waals surface area contributed by atoms with E-state index in [4.69, 9.17) is 0 Å². The summed E-state index contributed by atoms with van der Waals surface area (Å²) in [5.74, 6) is 0.291. The van der Waals surface area contributed by atoms with Gasteiger partial charge in [0.1, 0.15) is 0 Å². The zero-order chi connectivity index (χ0) is 16.8. The Morgan fingerprint density at radius 2 is 1.67 bits per heavy atom. The molecule has 0 unspecified atom stereocenters. The number of carbonyl (C=O) groups excluding carboxylic acids is 1. The van der Waals surface area contributed by atoms with Crippen LogP contribution in [0.5, 0.6) is 0 Å². The van der Waals surface area contributed by atoms with Gasteiger partial charge in [-0.05, 0) is 62.8 Å². The van der Waals surface area contributed by atoms with Crippen molar-refractivity contribution in [3.8, 4) is 0 Å². The molecule has 0 aromatic heterocycles. The quantitative estimate of drug-likeness (QED) is 0.884. The van der Waals surface area contributed by atoms with Crippen molar-refractivity contribution in [2.75, 3.05) is 30.8 Å². The molecule has 0 radical (unpaired) electrons. The molecule has 1 fully saturated rings. The number of nitrogens with zero attached hydrogens (tertiary/aromatic N) is 1. The summed E-state index contributed by atoms with van der Waals surface area (Å²) in [5, 5.41) is 6.43. The Balaban J connectivity index is 1.50. The summed E-state index contributed by atoms with van der Waals surface area (Å²) >= 11 is 0. The van der Waals surface area contributed by atoms with Gasteiger partial charge in [-0.3, -0.25) is 4.79 Å². The molecule has 126 valence electrons.